The average Bonchev–Trinajstić information content (AvgIpc) is 2.79. The van der Waals surface area contributed by atoms with E-state index in [0.29, 0.717) is 17.1 Å². The quantitative estimate of drug-likeness (QED) is 0.757. The molecule has 0 unspecified atom stereocenters. The Balaban J connectivity index is 1.76. The van der Waals surface area contributed by atoms with Gasteiger partial charge in [0, 0.05) is 6.04 Å². The van der Waals surface area contributed by atoms with Gasteiger partial charge in [-0.15, -0.1) is 0 Å². The number of carbonyl (C=O) groups is 2. The number of anilines is 1. The van der Waals surface area contributed by atoms with Gasteiger partial charge in [-0.1, -0.05) is 23.7 Å². The number of amides is 2. The summed E-state index contributed by atoms with van der Waals surface area (Å²) in [5.74, 6) is -0.504. The number of nitrogens with one attached hydrogen (secondary N) is 2. The maximum absolute atomic E-state index is 12.0. The van der Waals surface area contributed by atoms with Gasteiger partial charge in [0.15, 0.2) is 9.84 Å². The molecule has 1 atom stereocenters. The van der Waals surface area contributed by atoms with Gasteiger partial charge in [-0.2, -0.15) is 0 Å². The normalized spacial score (nSPS) is 19.2. The van der Waals surface area contributed by atoms with Gasteiger partial charge in [-0.05, 0) is 25.6 Å². The molecule has 132 valence electrons. The van der Waals surface area contributed by atoms with Crippen LogP contribution in [-0.2, 0) is 19.4 Å². The van der Waals surface area contributed by atoms with E-state index in [9.17, 15) is 18.0 Å². The van der Waals surface area contributed by atoms with Crippen LogP contribution in [0.1, 0.15) is 6.42 Å². The fourth-order valence-electron chi connectivity index (χ4n) is 2.48. The van der Waals surface area contributed by atoms with E-state index < -0.39 is 9.84 Å². The third-order valence-electron chi connectivity index (χ3n) is 3.57. The molecule has 0 spiro atoms. The van der Waals surface area contributed by atoms with Crippen LogP contribution in [-0.4, -0.2) is 62.8 Å². The van der Waals surface area contributed by atoms with Crippen molar-refractivity contribution in [2.45, 2.75) is 12.5 Å². The lowest BCUT2D eigenvalue weighted by Crippen LogP contribution is -2.43. The Labute approximate surface area is 146 Å². The van der Waals surface area contributed by atoms with Crippen LogP contribution in [0, 0.1) is 0 Å². The molecule has 1 aliphatic rings. The standard InChI is InChI=1S/C15H20ClN3O4S/c1-19(8-14(20)17-11-6-7-24(22,23)10-11)9-15(21)18-13-5-3-2-4-12(13)16/h2-5,11H,6-10H2,1H3,(H,17,20)(H,18,21)/t11-/m1/s1. The number of sulfone groups is 1. The Hall–Kier alpha value is -1.64. The van der Waals surface area contributed by atoms with Crippen molar-refractivity contribution in [3.8, 4) is 0 Å². The summed E-state index contributed by atoms with van der Waals surface area (Å²) in [6.45, 7) is 0.0219. The summed E-state index contributed by atoms with van der Waals surface area (Å²) in [5.41, 5.74) is 0.512. The summed E-state index contributed by atoms with van der Waals surface area (Å²) in [6, 6.07) is 6.54. The second-order valence-corrected chi connectivity index (χ2v) is 8.50. The fraction of sp³-hybridized carbons (Fsp3) is 0.467. The molecular formula is C15H20ClN3O4S. The van der Waals surface area contributed by atoms with E-state index >= 15 is 0 Å². The van der Waals surface area contributed by atoms with E-state index in [1.165, 1.54) is 0 Å². The summed E-state index contributed by atoms with van der Waals surface area (Å²) < 4.78 is 22.7. The molecule has 2 rings (SSSR count). The van der Waals surface area contributed by atoms with Gasteiger partial charge in [-0.3, -0.25) is 14.5 Å². The zero-order chi connectivity index (χ0) is 17.7. The van der Waals surface area contributed by atoms with Crippen LogP contribution in [0.5, 0.6) is 0 Å². The summed E-state index contributed by atoms with van der Waals surface area (Å²) in [5, 5.41) is 5.80. The molecular weight excluding hydrogens is 354 g/mol. The van der Waals surface area contributed by atoms with Gasteiger partial charge in [0.05, 0.1) is 35.3 Å². The lowest BCUT2D eigenvalue weighted by molar-refractivity contribution is -0.123. The minimum absolute atomic E-state index is 0.00644. The first kappa shape index (κ1) is 18.7. The maximum Gasteiger partial charge on any atom is 0.238 e. The number of carbonyl (C=O) groups excluding carboxylic acids is 2. The van der Waals surface area contributed by atoms with Crippen molar-refractivity contribution in [1.29, 1.82) is 0 Å². The monoisotopic (exact) mass is 373 g/mol. The van der Waals surface area contributed by atoms with Crippen LogP contribution in [0.15, 0.2) is 24.3 Å². The van der Waals surface area contributed by atoms with E-state index in [1.54, 1.807) is 36.2 Å². The van der Waals surface area contributed by atoms with Gasteiger partial charge in [-0.25, -0.2) is 8.42 Å². The highest BCUT2D eigenvalue weighted by Crippen LogP contribution is 2.20. The molecule has 1 saturated heterocycles. The minimum atomic E-state index is -3.03. The number of benzene rings is 1. The molecule has 0 radical (unpaired) electrons. The Kier molecular flexibility index (Phi) is 6.20. The zero-order valence-corrected chi connectivity index (χ0v) is 14.9. The van der Waals surface area contributed by atoms with Crippen molar-refractivity contribution >= 4 is 38.9 Å². The Bertz CT molecular complexity index is 723. The number of rotatable bonds is 6. The second kappa shape index (κ2) is 7.96. The summed E-state index contributed by atoms with van der Waals surface area (Å²) in [7, 11) is -1.40. The fourth-order valence-corrected chi connectivity index (χ4v) is 4.34. The molecule has 9 heteroatoms. The molecule has 1 aromatic rings. The van der Waals surface area contributed by atoms with E-state index in [-0.39, 0.29) is 42.5 Å². The molecule has 1 aliphatic heterocycles. The third-order valence-corrected chi connectivity index (χ3v) is 5.67. The first-order chi connectivity index (χ1) is 11.2. The minimum Gasteiger partial charge on any atom is -0.351 e. The van der Waals surface area contributed by atoms with Gasteiger partial charge in [0.25, 0.3) is 0 Å². The molecule has 1 aromatic carbocycles. The molecule has 0 bridgehead atoms. The number of hydrogen-bond donors (Lipinski definition) is 2. The smallest absolute Gasteiger partial charge is 0.238 e. The summed E-state index contributed by atoms with van der Waals surface area (Å²) in [6.07, 6.45) is 0.435. The number of likely N-dealkylation sites (N-methyl/N-ethyl adjacent to an activating group) is 1. The molecule has 2 N–H and O–H groups in total. The van der Waals surface area contributed by atoms with E-state index in [1.807, 2.05) is 0 Å². The van der Waals surface area contributed by atoms with E-state index in [2.05, 4.69) is 10.6 Å². The van der Waals surface area contributed by atoms with Crippen molar-refractivity contribution in [1.82, 2.24) is 10.2 Å². The molecule has 0 saturated carbocycles. The maximum atomic E-state index is 12.0. The van der Waals surface area contributed by atoms with Crippen molar-refractivity contribution in [3.05, 3.63) is 29.3 Å². The Morgan fingerprint density at radius 1 is 1.25 bits per heavy atom. The number of nitrogens with zero attached hydrogens (tertiary/aromatic N) is 1. The molecule has 1 heterocycles. The molecule has 0 aliphatic carbocycles. The van der Waals surface area contributed by atoms with Crippen molar-refractivity contribution in [2.75, 3.05) is 37.0 Å². The lowest BCUT2D eigenvalue weighted by Gasteiger charge is -2.18. The van der Waals surface area contributed by atoms with Crippen LogP contribution in [0.3, 0.4) is 0 Å². The van der Waals surface area contributed by atoms with Gasteiger partial charge >= 0.3 is 0 Å². The van der Waals surface area contributed by atoms with Crippen LogP contribution in [0.25, 0.3) is 0 Å². The Morgan fingerprint density at radius 2 is 1.92 bits per heavy atom. The van der Waals surface area contributed by atoms with Gasteiger partial charge in [0.2, 0.25) is 11.8 Å². The molecule has 7 nitrogen and oxygen atoms in total. The largest absolute Gasteiger partial charge is 0.351 e. The van der Waals surface area contributed by atoms with Crippen LogP contribution < -0.4 is 10.6 Å². The summed E-state index contributed by atoms with van der Waals surface area (Å²) in [4.78, 5) is 25.4. The predicted octanol–water partition coefficient (Wildman–Crippen LogP) is 0.514. The Morgan fingerprint density at radius 3 is 2.54 bits per heavy atom. The molecule has 0 aromatic heterocycles. The average molecular weight is 374 g/mol. The number of para-hydroxylation sites is 1. The predicted molar refractivity (Wildman–Crippen MR) is 92.8 cm³/mol. The van der Waals surface area contributed by atoms with Crippen molar-refractivity contribution in [3.63, 3.8) is 0 Å². The van der Waals surface area contributed by atoms with Crippen LogP contribution in [0.2, 0.25) is 5.02 Å². The van der Waals surface area contributed by atoms with Crippen LogP contribution in [0.4, 0.5) is 5.69 Å². The zero-order valence-electron chi connectivity index (χ0n) is 13.3. The molecule has 2 amide bonds. The number of halogens is 1. The first-order valence-electron chi connectivity index (χ1n) is 7.48. The summed E-state index contributed by atoms with van der Waals surface area (Å²) >= 11 is 5.97. The highest BCUT2D eigenvalue weighted by Gasteiger charge is 2.29. The van der Waals surface area contributed by atoms with Crippen molar-refractivity contribution < 1.29 is 18.0 Å². The highest BCUT2D eigenvalue weighted by molar-refractivity contribution is 7.91. The SMILES string of the molecule is CN(CC(=O)Nc1ccccc1Cl)CC(=O)N[C@@H]1CCS(=O)(=O)C1. The van der Waals surface area contributed by atoms with E-state index in [4.69, 9.17) is 11.6 Å². The lowest BCUT2D eigenvalue weighted by atomic mass is 10.2. The highest BCUT2D eigenvalue weighted by atomic mass is 35.5. The second-order valence-electron chi connectivity index (χ2n) is 5.87. The topological polar surface area (TPSA) is 95.6 Å². The number of hydrogen-bond acceptors (Lipinski definition) is 5. The van der Waals surface area contributed by atoms with E-state index in [0.717, 1.165) is 0 Å². The van der Waals surface area contributed by atoms with Gasteiger partial charge < -0.3 is 10.6 Å². The van der Waals surface area contributed by atoms with Crippen molar-refractivity contribution in [2.24, 2.45) is 0 Å². The van der Waals surface area contributed by atoms with Crippen LogP contribution >= 0.6 is 11.6 Å². The molecule has 24 heavy (non-hydrogen) atoms. The molecule has 1 fully saturated rings. The first-order valence-corrected chi connectivity index (χ1v) is 9.68. The van der Waals surface area contributed by atoms with Gasteiger partial charge in [0.1, 0.15) is 0 Å². The third kappa shape index (κ3) is 5.77.